The van der Waals surface area contributed by atoms with E-state index in [1.807, 2.05) is 53.9 Å². The molecule has 1 aromatic heterocycles. The van der Waals surface area contributed by atoms with Gasteiger partial charge in [-0.25, -0.2) is 4.98 Å². The van der Waals surface area contributed by atoms with Crippen molar-refractivity contribution >= 4 is 34.1 Å². The second-order valence-corrected chi connectivity index (χ2v) is 9.49. The molecule has 4 aromatic rings. The molecule has 0 saturated carbocycles. The summed E-state index contributed by atoms with van der Waals surface area (Å²) >= 11 is 3.20. The summed E-state index contributed by atoms with van der Waals surface area (Å²) in [4.78, 5) is 17.1. The Morgan fingerprint density at radius 1 is 0.882 bits per heavy atom. The number of thiazole rings is 1. The Balaban J connectivity index is 1.26. The van der Waals surface area contributed by atoms with Gasteiger partial charge in [0.05, 0.1) is 26.3 Å². The van der Waals surface area contributed by atoms with Crippen LogP contribution < -0.4 is 14.8 Å². The molecular weight excluding hydrogens is 464 g/mol. The Bertz CT molecular complexity index is 1200. The van der Waals surface area contributed by atoms with Gasteiger partial charge in [0.2, 0.25) is 5.91 Å². The molecule has 0 fully saturated rings. The highest BCUT2D eigenvalue weighted by Gasteiger charge is 2.09. The molecule has 0 radical (unpaired) electrons. The maximum atomic E-state index is 12.5. The number of thioether (sulfide) groups is 1. The average Bonchev–Trinajstić information content (AvgIpc) is 3.31. The van der Waals surface area contributed by atoms with Gasteiger partial charge in [0, 0.05) is 23.0 Å². The Hall–Kier alpha value is -3.29. The van der Waals surface area contributed by atoms with Crippen molar-refractivity contribution in [3.05, 3.63) is 95.0 Å². The number of benzene rings is 3. The van der Waals surface area contributed by atoms with E-state index in [9.17, 15) is 4.79 Å². The van der Waals surface area contributed by atoms with E-state index in [0.29, 0.717) is 11.6 Å². The maximum absolute atomic E-state index is 12.5. The van der Waals surface area contributed by atoms with E-state index in [1.165, 1.54) is 11.3 Å². The summed E-state index contributed by atoms with van der Waals surface area (Å²) in [5.41, 5.74) is 5.35. The van der Waals surface area contributed by atoms with Crippen LogP contribution in [0.2, 0.25) is 0 Å². The minimum atomic E-state index is -0.0653. The van der Waals surface area contributed by atoms with Crippen molar-refractivity contribution < 1.29 is 14.3 Å². The number of amides is 1. The number of nitrogens with one attached hydrogen (secondary N) is 1. The molecule has 1 N–H and O–H groups in total. The van der Waals surface area contributed by atoms with Crippen molar-refractivity contribution in [2.45, 2.75) is 17.9 Å². The van der Waals surface area contributed by atoms with Crippen LogP contribution in [0.25, 0.3) is 11.1 Å². The largest absolute Gasteiger partial charge is 0.497 e. The molecule has 174 valence electrons. The number of carbonyl (C=O) groups is 1. The number of ether oxygens (including phenoxy) is 2. The highest BCUT2D eigenvalue weighted by atomic mass is 32.2. The number of carbonyl (C=O) groups excluding carboxylic acids is 1. The fraction of sp³-hybridized carbons (Fsp3) is 0.185. The van der Waals surface area contributed by atoms with Crippen LogP contribution in [0.3, 0.4) is 0 Å². The van der Waals surface area contributed by atoms with Gasteiger partial charge in [-0.2, -0.15) is 11.8 Å². The monoisotopic (exact) mass is 490 g/mol. The van der Waals surface area contributed by atoms with Crippen LogP contribution in [0, 0.1) is 0 Å². The first kappa shape index (κ1) is 23.9. The van der Waals surface area contributed by atoms with Crippen LogP contribution >= 0.6 is 23.1 Å². The summed E-state index contributed by atoms with van der Waals surface area (Å²) in [5, 5.41) is 5.54. The summed E-state index contributed by atoms with van der Waals surface area (Å²) < 4.78 is 10.7. The van der Waals surface area contributed by atoms with Crippen molar-refractivity contribution in [1.82, 2.24) is 4.98 Å². The Kier molecular flexibility index (Phi) is 8.22. The van der Waals surface area contributed by atoms with Gasteiger partial charge in [-0.05, 0) is 34.4 Å². The molecule has 0 saturated heterocycles. The molecule has 1 heterocycles. The molecule has 5 nitrogen and oxygen atoms in total. The minimum absolute atomic E-state index is 0.0653. The fourth-order valence-electron chi connectivity index (χ4n) is 3.45. The van der Waals surface area contributed by atoms with Crippen LogP contribution in [0.4, 0.5) is 5.13 Å². The zero-order valence-electron chi connectivity index (χ0n) is 19.1. The molecule has 0 aliphatic heterocycles. The van der Waals surface area contributed by atoms with Gasteiger partial charge in [-0.15, -0.1) is 11.3 Å². The zero-order valence-corrected chi connectivity index (χ0v) is 20.7. The predicted molar refractivity (Wildman–Crippen MR) is 141 cm³/mol. The average molecular weight is 491 g/mol. The topological polar surface area (TPSA) is 60.5 Å². The van der Waals surface area contributed by atoms with Gasteiger partial charge in [0.1, 0.15) is 11.5 Å². The quantitative estimate of drug-likeness (QED) is 0.277. The molecular formula is C27H26N2O3S2. The van der Waals surface area contributed by atoms with E-state index in [2.05, 4.69) is 34.6 Å². The number of methoxy groups -OCH3 is 2. The van der Waals surface area contributed by atoms with E-state index in [4.69, 9.17) is 9.47 Å². The number of hydrogen-bond acceptors (Lipinski definition) is 6. The lowest BCUT2D eigenvalue weighted by molar-refractivity contribution is -0.115. The summed E-state index contributed by atoms with van der Waals surface area (Å²) in [6.07, 6.45) is 0.316. The van der Waals surface area contributed by atoms with E-state index >= 15 is 0 Å². The Morgan fingerprint density at radius 2 is 1.56 bits per heavy atom. The van der Waals surface area contributed by atoms with Gasteiger partial charge in [-0.1, -0.05) is 54.6 Å². The summed E-state index contributed by atoms with van der Waals surface area (Å²) in [5.74, 6) is 3.06. The van der Waals surface area contributed by atoms with Gasteiger partial charge in [-0.3, -0.25) is 4.79 Å². The van der Waals surface area contributed by atoms with Gasteiger partial charge in [0.25, 0.3) is 0 Å². The first-order chi connectivity index (χ1) is 16.6. The number of rotatable bonds is 10. The van der Waals surface area contributed by atoms with Crippen LogP contribution in [-0.4, -0.2) is 25.1 Å². The second-order valence-electron chi connectivity index (χ2n) is 7.65. The first-order valence-electron chi connectivity index (χ1n) is 10.8. The van der Waals surface area contributed by atoms with E-state index in [0.717, 1.165) is 51.0 Å². The fourth-order valence-corrected chi connectivity index (χ4v) is 5.14. The lowest BCUT2D eigenvalue weighted by Gasteiger charge is -2.08. The van der Waals surface area contributed by atoms with Crippen LogP contribution in [0.15, 0.2) is 78.2 Å². The van der Waals surface area contributed by atoms with Crippen molar-refractivity contribution in [2.24, 2.45) is 0 Å². The second kappa shape index (κ2) is 11.7. The molecule has 0 aliphatic rings. The summed E-state index contributed by atoms with van der Waals surface area (Å²) in [7, 11) is 3.30. The molecule has 0 aliphatic carbocycles. The molecule has 0 spiro atoms. The third kappa shape index (κ3) is 6.62. The molecule has 0 unspecified atom stereocenters. The van der Waals surface area contributed by atoms with Crippen molar-refractivity contribution in [2.75, 3.05) is 19.5 Å². The lowest BCUT2D eigenvalue weighted by atomic mass is 10.0. The smallest absolute Gasteiger partial charge is 0.230 e. The highest BCUT2D eigenvalue weighted by Crippen LogP contribution is 2.27. The summed E-state index contributed by atoms with van der Waals surface area (Å²) in [6, 6.07) is 24.2. The van der Waals surface area contributed by atoms with Gasteiger partial charge >= 0.3 is 0 Å². The number of anilines is 1. The SMILES string of the molecule is COc1cc(CSCc2csc(NC(=O)Cc3ccc(-c4ccccc4)cc3)n2)cc(OC)c1. The van der Waals surface area contributed by atoms with Gasteiger partial charge < -0.3 is 14.8 Å². The molecule has 34 heavy (non-hydrogen) atoms. The van der Waals surface area contributed by atoms with Crippen molar-refractivity contribution in [3.63, 3.8) is 0 Å². The predicted octanol–water partition coefficient (Wildman–Crippen LogP) is 6.44. The molecule has 7 heteroatoms. The first-order valence-corrected chi connectivity index (χ1v) is 12.8. The maximum Gasteiger partial charge on any atom is 0.230 e. The Labute approximate surface area is 208 Å². The van der Waals surface area contributed by atoms with Crippen LogP contribution in [0.1, 0.15) is 16.8 Å². The van der Waals surface area contributed by atoms with Crippen molar-refractivity contribution in [3.8, 4) is 22.6 Å². The molecule has 3 aromatic carbocycles. The highest BCUT2D eigenvalue weighted by molar-refractivity contribution is 7.97. The molecule has 4 rings (SSSR count). The number of aromatic nitrogens is 1. The normalized spacial score (nSPS) is 10.6. The molecule has 0 atom stereocenters. The Morgan fingerprint density at radius 3 is 2.24 bits per heavy atom. The molecule has 1 amide bonds. The summed E-state index contributed by atoms with van der Waals surface area (Å²) in [6.45, 7) is 0. The number of hydrogen-bond donors (Lipinski definition) is 1. The van der Waals surface area contributed by atoms with E-state index in [-0.39, 0.29) is 5.91 Å². The lowest BCUT2D eigenvalue weighted by Crippen LogP contribution is -2.14. The van der Waals surface area contributed by atoms with E-state index in [1.54, 1.807) is 26.0 Å². The van der Waals surface area contributed by atoms with E-state index < -0.39 is 0 Å². The third-order valence-corrected chi connectivity index (χ3v) is 7.00. The van der Waals surface area contributed by atoms with Crippen molar-refractivity contribution in [1.29, 1.82) is 0 Å². The molecule has 0 bridgehead atoms. The standard InChI is InChI=1S/C27H26N2O3S2/c1-31-24-12-20(13-25(15-24)32-2)16-33-17-23-18-34-27(28-23)29-26(30)14-19-8-10-22(11-9-19)21-6-4-3-5-7-21/h3-13,15,18H,14,16-17H2,1-2H3,(H,28,29,30). The van der Waals surface area contributed by atoms with Crippen LogP contribution in [0.5, 0.6) is 11.5 Å². The van der Waals surface area contributed by atoms with Crippen LogP contribution in [-0.2, 0) is 22.7 Å². The third-order valence-electron chi connectivity index (χ3n) is 5.15. The van der Waals surface area contributed by atoms with Gasteiger partial charge in [0.15, 0.2) is 5.13 Å². The minimum Gasteiger partial charge on any atom is -0.497 e. The number of nitrogens with zero attached hydrogens (tertiary/aromatic N) is 1. The zero-order chi connectivity index (χ0) is 23.8.